The lowest BCUT2D eigenvalue weighted by Crippen LogP contribution is -2.37. The number of carbonyl (C=O) groups excluding carboxylic acids is 1. The van der Waals surface area contributed by atoms with Gasteiger partial charge in [0.2, 0.25) is 5.43 Å². The highest BCUT2D eigenvalue weighted by atomic mass is 19.1. The maximum atomic E-state index is 15.9. The Morgan fingerprint density at radius 1 is 1.19 bits per heavy atom. The second-order valence-electron chi connectivity index (χ2n) is 11.5. The lowest BCUT2D eigenvalue weighted by Gasteiger charge is -2.29. The van der Waals surface area contributed by atoms with Gasteiger partial charge in [-0.15, -0.1) is 0 Å². The number of aromatic nitrogens is 1. The summed E-state index contributed by atoms with van der Waals surface area (Å²) in [6.45, 7) is 10.2. The summed E-state index contributed by atoms with van der Waals surface area (Å²) in [4.78, 5) is 31.6. The van der Waals surface area contributed by atoms with Crippen LogP contribution in [0.25, 0.3) is 27.4 Å². The number of pyridine rings is 1. The molecule has 0 bridgehead atoms. The molecule has 2 aliphatic heterocycles. The van der Waals surface area contributed by atoms with Crippen LogP contribution in [-0.2, 0) is 0 Å². The smallest absolute Gasteiger partial charge is 0.256 e. The Balaban J connectivity index is 1.45. The van der Waals surface area contributed by atoms with Crippen molar-refractivity contribution in [2.75, 3.05) is 37.6 Å². The van der Waals surface area contributed by atoms with Crippen molar-refractivity contribution in [2.24, 2.45) is 5.73 Å². The second-order valence-corrected chi connectivity index (χ2v) is 11.5. The lowest BCUT2D eigenvalue weighted by molar-refractivity contribution is 0.0935. The summed E-state index contributed by atoms with van der Waals surface area (Å²) >= 11 is 0. The van der Waals surface area contributed by atoms with Gasteiger partial charge in [0.1, 0.15) is 16.8 Å². The average molecular weight is 572 g/mol. The van der Waals surface area contributed by atoms with E-state index in [0.717, 1.165) is 49.7 Å². The quantitative estimate of drug-likeness (QED) is 0.254. The van der Waals surface area contributed by atoms with Gasteiger partial charge < -0.3 is 30.2 Å². The normalized spacial score (nSPS) is 16.6. The molecule has 1 amide bonds. The summed E-state index contributed by atoms with van der Waals surface area (Å²) in [5, 5.41) is 5.06. The fourth-order valence-corrected chi connectivity index (χ4v) is 6.27. The van der Waals surface area contributed by atoms with Crippen LogP contribution < -0.4 is 26.1 Å². The second kappa shape index (κ2) is 11.4. The van der Waals surface area contributed by atoms with Crippen molar-refractivity contribution >= 4 is 33.3 Å². The molecule has 0 saturated carbocycles. The highest BCUT2D eigenvalue weighted by Gasteiger charge is 2.33. The number of fused-ring (bicyclic) bond motifs is 3. The van der Waals surface area contributed by atoms with Crippen molar-refractivity contribution in [3.05, 3.63) is 70.3 Å². The Morgan fingerprint density at radius 3 is 2.62 bits per heavy atom. The predicted molar refractivity (Wildman–Crippen MR) is 166 cm³/mol. The maximum absolute atomic E-state index is 15.9. The van der Waals surface area contributed by atoms with Gasteiger partial charge in [0.15, 0.2) is 17.3 Å². The molecule has 3 aromatic carbocycles. The standard InChI is InChI=1S/C33H38FN5O3/c1-4-37(5-2)13-8-9-20(3)36-33(41)25-19-39-27-15-21-10-6-7-11-22(21)16-28(27)42-32-29(39)24(31(25)40)17-26(34)30(32)38-14-12-23(35)18-38/h6-7,10-11,15-17,19-20,23H,4-5,8-9,12-14,18,35H2,1-3H3,(H,36,41). The van der Waals surface area contributed by atoms with E-state index in [1.165, 1.54) is 6.07 Å². The molecule has 8 nitrogen and oxygen atoms in total. The van der Waals surface area contributed by atoms with Crippen LogP contribution in [0.2, 0.25) is 0 Å². The molecule has 3 N–H and O–H groups in total. The maximum Gasteiger partial charge on any atom is 0.256 e. The Labute approximate surface area is 244 Å². The molecule has 1 fully saturated rings. The number of carbonyl (C=O) groups is 1. The molecular weight excluding hydrogens is 533 g/mol. The van der Waals surface area contributed by atoms with Crippen molar-refractivity contribution in [3.63, 3.8) is 0 Å². The molecule has 220 valence electrons. The molecular formula is C33H38FN5O3. The monoisotopic (exact) mass is 571 g/mol. The highest BCUT2D eigenvalue weighted by Crippen LogP contribution is 2.48. The molecule has 9 heteroatoms. The molecule has 1 aromatic heterocycles. The number of nitrogens with one attached hydrogen (secondary N) is 1. The van der Waals surface area contributed by atoms with Crippen molar-refractivity contribution in [1.29, 1.82) is 0 Å². The first kappa shape index (κ1) is 28.2. The number of nitrogens with two attached hydrogens (primary N) is 1. The Hall–Kier alpha value is -3.95. The van der Waals surface area contributed by atoms with Crippen molar-refractivity contribution in [2.45, 2.75) is 52.1 Å². The fourth-order valence-electron chi connectivity index (χ4n) is 6.27. The molecule has 2 atom stereocenters. The van der Waals surface area contributed by atoms with E-state index in [1.54, 1.807) is 6.20 Å². The number of rotatable bonds is 9. The zero-order valence-corrected chi connectivity index (χ0v) is 24.5. The number of hydrogen-bond donors (Lipinski definition) is 2. The van der Waals surface area contributed by atoms with E-state index >= 15 is 4.39 Å². The van der Waals surface area contributed by atoms with Gasteiger partial charge in [-0.1, -0.05) is 38.1 Å². The largest absolute Gasteiger partial charge is 0.451 e. The van der Waals surface area contributed by atoms with Gasteiger partial charge in [-0.25, -0.2) is 4.39 Å². The Kier molecular flexibility index (Phi) is 7.64. The summed E-state index contributed by atoms with van der Waals surface area (Å²) in [6, 6.07) is 12.8. The number of halogens is 1. The third kappa shape index (κ3) is 5.01. The summed E-state index contributed by atoms with van der Waals surface area (Å²) in [6.07, 6.45) is 4.03. The van der Waals surface area contributed by atoms with Gasteiger partial charge in [-0.3, -0.25) is 9.59 Å². The van der Waals surface area contributed by atoms with Gasteiger partial charge in [-0.05, 0) is 74.8 Å². The third-order valence-electron chi connectivity index (χ3n) is 8.64. The van der Waals surface area contributed by atoms with Crippen molar-refractivity contribution in [1.82, 2.24) is 14.8 Å². The van der Waals surface area contributed by atoms with Gasteiger partial charge in [-0.2, -0.15) is 0 Å². The molecule has 6 rings (SSSR count). The molecule has 4 aromatic rings. The van der Waals surface area contributed by atoms with Crippen LogP contribution in [0.3, 0.4) is 0 Å². The number of anilines is 1. The zero-order valence-electron chi connectivity index (χ0n) is 24.5. The van der Waals surface area contributed by atoms with E-state index in [0.29, 0.717) is 35.7 Å². The summed E-state index contributed by atoms with van der Waals surface area (Å²) in [5.41, 5.74) is 7.04. The first-order chi connectivity index (χ1) is 20.3. The van der Waals surface area contributed by atoms with Crippen LogP contribution in [-0.4, -0.2) is 60.2 Å². The van der Waals surface area contributed by atoms with Gasteiger partial charge in [0.25, 0.3) is 5.91 Å². The van der Waals surface area contributed by atoms with Gasteiger partial charge >= 0.3 is 0 Å². The molecule has 2 unspecified atom stereocenters. The minimum absolute atomic E-state index is 0.0274. The molecule has 0 radical (unpaired) electrons. The van der Waals surface area contributed by atoms with E-state index < -0.39 is 17.2 Å². The van der Waals surface area contributed by atoms with Crippen LogP contribution in [0.15, 0.2) is 53.5 Å². The van der Waals surface area contributed by atoms with E-state index in [2.05, 4.69) is 24.1 Å². The zero-order chi connectivity index (χ0) is 29.5. The van der Waals surface area contributed by atoms with E-state index in [-0.39, 0.29) is 28.8 Å². The van der Waals surface area contributed by atoms with Crippen molar-refractivity contribution < 1.29 is 13.9 Å². The summed E-state index contributed by atoms with van der Waals surface area (Å²) in [7, 11) is 0. The number of benzene rings is 3. The summed E-state index contributed by atoms with van der Waals surface area (Å²) in [5.74, 6) is -0.235. The summed E-state index contributed by atoms with van der Waals surface area (Å²) < 4.78 is 24.1. The first-order valence-electron chi connectivity index (χ1n) is 15.0. The van der Waals surface area contributed by atoms with E-state index in [4.69, 9.17) is 10.5 Å². The average Bonchev–Trinajstić information content (AvgIpc) is 3.40. The molecule has 42 heavy (non-hydrogen) atoms. The Morgan fingerprint density at radius 2 is 1.93 bits per heavy atom. The minimum atomic E-state index is -0.568. The first-order valence-corrected chi connectivity index (χ1v) is 15.0. The number of amides is 1. The van der Waals surface area contributed by atoms with Crippen LogP contribution in [0.5, 0.6) is 11.5 Å². The van der Waals surface area contributed by atoms with Crippen LogP contribution in [0, 0.1) is 5.82 Å². The molecule has 0 aliphatic carbocycles. The minimum Gasteiger partial charge on any atom is -0.451 e. The lowest BCUT2D eigenvalue weighted by atomic mass is 10.0. The third-order valence-corrected chi connectivity index (χ3v) is 8.64. The van der Waals surface area contributed by atoms with Gasteiger partial charge in [0.05, 0.1) is 11.1 Å². The number of hydrogen-bond acceptors (Lipinski definition) is 6. The molecule has 1 saturated heterocycles. The van der Waals surface area contributed by atoms with E-state index in [9.17, 15) is 9.59 Å². The number of ether oxygens (including phenoxy) is 1. The van der Waals surface area contributed by atoms with Crippen LogP contribution in [0.1, 0.15) is 50.4 Å². The topological polar surface area (TPSA) is 92.8 Å². The fraction of sp³-hybridized carbons (Fsp3) is 0.394. The van der Waals surface area contributed by atoms with E-state index in [1.807, 2.05) is 52.8 Å². The SMILES string of the molecule is CCN(CC)CCCC(C)NC(=O)c1cn2c3c(c(N4CCC(N)C4)c(F)cc3c1=O)Oc1cc3ccccc3cc1-2. The molecule has 3 heterocycles. The van der Waals surface area contributed by atoms with Crippen LogP contribution >= 0.6 is 0 Å². The molecule has 2 aliphatic rings. The highest BCUT2D eigenvalue weighted by molar-refractivity contribution is 6.02. The van der Waals surface area contributed by atoms with Crippen LogP contribution in [0.4, 0.5) is 10.1 Å². The van der Waals surface area contributed by atoms with Gasteiger partial charge in [0, 0.05) is 31.4 Å². The van der Waals surface area contributed by atoms with Crippen molar-refractivity contribution in [3.8, 4) is 17.2 Å². The Bertz CT molecular complexity index is 1730. The predicted octanol–water partition coefficient (Wildman–Crippen LogP) is 5.17. The molecule has 0 spiro atoms. The number of nitrogens with zero attached hydrogens (tertiary/aromatic N) is 3.